The molecule has 146 valence electrons. The number of rotatable bonds is 6. The molecule has 3 rings (SSSR count). The van der Waals surface area contributed by atoms with E-state index in [0.29, 0.717) is 5.56 Å². The van der Waals surface area contributed by atoms with Crippen LogP contribution in [0.4, 0.5) is 11.4 Å². The fourth-order valence-electron chi connectivity index (χ4n) is 2.48. The normalized spacial score (nSPS) is 11.8. The van der Waals surface area contributed by atoms with Crippen LogP contribution >= 0.6 is 11.6 Å². The van der Waals surface area contributed by atoms with Crippen LogP contribution in [-0.2, 0) is 20.0 Å². The number of hydrogen-bond donors (Lipinski definition) is 2. The highest BCUT2D eigenvalue weighted by molar-refractivity contribution is 7.93. The summed E-state index contributed by atoms with van der Waals surface area (Å²) in [5.41, 5.74) is 0.928. The summed E-state index contributed by atoms with van der Waals surface area (Å²) >= 11 is 6.21. The topological polar surface area (TPSA) is 92.3 Å². The fourth-order valence-corrected chi connectivity index (χ4v) is 4.98. The van der Waals surface area contributed by atoms with Crippen molar-refractivity contribution in [3.05, 3.63) is 83.4 Å². The molecule has 28 heavy (non-hydrogen) atoms. The van der Waals surface area contributed by atoms with Crippen LogP contribution in [0, 0.1) is 6.92 Å². The molecule has 3 aromatic rings. The summed E-state index contributed by atoms with van der Waals surface area (Å²) in [6.45, 7) is 1.65. The third kappa shape index (κ3) is 4.46. The zero-order chi connectivity index (χ0) is 20.4. The number of aryl methyl sites for hydroxylation is 1. The van der Waals surface area contributed by atoms with Crippen molar-refractivity contribution in [2.24, 2.45) is 0 Å². The van der Waals surface area contributed by atoms with Crippen LogP contribution in [0.5, 0.6) is 0 Å². The number of hydrogen-bond acceptors (Lipinski definition) is 4. The van der Waals surface area contributed by atoms with Gasteiger partial charge in [0, 0.05) is 0 Å². The molecule has 0 aliphatic rings. The van der Waals surface area contributed by atoms with E-state index in [9.17, 15) is 16.8 Å². The van der Waals surface area contributed by atoms with Crippen LogP contribution in [0.25, 0.3) is 0 Å². The van der Waals surface area contributed by atoms with Crippen LogP contribution in [0.2, 0.25) is 5.02 Å². The van der Waals surface area contributed by atoms with Gasteiger partial charge < -0.3 is 0 Å². The molecule has 0 aliphatic heterocycles. The van der Waals surface area contributed by atoms with E-state index < -0.39 is 20.0 Å². The molecule has 0 fully saturated rings. The summed E-state index contributed by atoms with van der Waals surface area (Å²) in [5, 5.41) is 0.0656. The Morgan fingerprint density at radius 3 is 1.57 bits per heavy atom. The van der Waals surface area contributed by atoms with E-state index >= 15 is 0 Å². The first-order valence-corrected chi connectivity index (χ1v) is 11.5. The molecule has 0 amide bonds. The van der Waals surface area contributed by atoms with Crippen molar-refractivity contribution in [3.8, 4) is 0 Å². The molecule has 0 heterocycles. The van der Waals surface area contributed by atoms with Gasteiger partial charge in [0.05, 0.1) is 26.2 Å². The summed E-state index contributed by atoms with van der Waals surface area (Å²) in [5.74, 6) is 0. The summed E-state index contributed by atoms with van der Waals surface area (Å²) in [4.78, 5) is 0.206. The van der Waals surface area contributed by atoms with Gasteiger partial charge in [-0.1, -0.05) is 48.0 Å². The first-order valence-electron chi connectivity index (χ1n) is 8.15. The number of anilines is 2. The lowest BCUT2D eigenvalue weighted by molar-refractivity contribution is 0.599. The van der Waals surface area contributed by atoms with E-state index in [1.165, 1.54) is 36.4 Å². The first-order chi connectivity index (χ1) is 13.2. The van der Waals surface area contributed by atoms with E-state index in [-0.39, 0.29) is 26.2 Å². The predicted octanol–water partition coefficient (Wildman–Crippen LogP) is 4.25. The van der Waals surface area contributed by atoms with Crippen LogP contribution in [0.1, 0.15) is 5.56 Å². The van der Waals surface area contributed by atoms with E-state index in [2.05, 4.69) is 9.44 Å². The quantitative estimate of drug-likeness (QED) is 0.604. The van der Waals surface area contributed by atoms with Crippen LogP contribution in [-0.4, -0.2) is 16.8 Å². The molecule has 0 saturated carbocycles. The van der Waals surface area contributed by atoms with Crippen molar-refractivity contribution >= 4 is 43.0 Å². The highest BCUT2D eigenvalue weighted by atomic mass is 35.5. The number of benzene rings is 3. The third-order valence-electron chi connectivity index (χ3n) is 3.91. The number of sulfonamides is 2. The number of halogens is 1. The standard InChI is InChI=1S/C19H17ClN2O4S2/c1-14-12-19(22-28(25,26)16-10-6-3-7-11-16)17(20)13-18(14)21-27(23,24)15-8-4-2-5-9-15/h2-13,21-22H,1H3. The van der Waals surface area contributed by atoms with Gasteiger partial charge in [-0.25, -0.2) is 16.8 Å². The highest BCUT2D eigenvalue weighted by Gasteiger charge is 2.19. The Kier molecular flexibility index (Phi) is 5.64. The van der Waals surface area contributed by atoms with Crippen molar-refractivity contribution in [2.75, 3.05) is 9.44 Å². The largest absolute Gasteiger partial charge is 0.279 e. The van der Waals surface area contributed by atoms with Crippen molar-refractivity contribution in [1.29, 1.82) is 0 Å². The molecule has 6 nitrogen and oxygen atoms in total. The Morgan fingerprint density at radius 1 is 0.679 bits per heavy atom. The lowest BCUT2D eigenvalue weighted by Gasteiger charge is -2.15. The lowest BCUT2D eigenvalue weighted by atomic mass is 10.2. The van der Waals surface area contributed by atoms with Crippen molar-refractivity contribution in [1.82, 2.24) is 0 Å². The Bertz CT molecular complexity index is 1100. The molecule has 0 unspecified atom stereocenters. The molecular formula is C19H17ClN2O4S2. The van der Waals surface area contributed by atoms with Gasteiger partial charge in [0.2, 0.25) is 0 Å². The maximum absolute atomic E-state index is 12.5. The van der Waals surface area contributed by atoms with Gasteiger partial charge in [-0.3, -0.25) is 9.44 Å². The molecule has 0 spiro atoms. The molecule has 9 heteroatoms. The highest BCUT2D eigenvalue weighted by Crippen LogP contribution is 2.32. The second kappa shape index (κ2) is 7.83. The molecule has 0 bridgehead atoms. The molecule has 0 radical (unpaired) electrons. The molecule has 2 N–H and O–H groups in total. The Balaban J connectivity index is 1.90. The predicted molar refractivity (Wildman–Crippen MR) is 111 cm³/mol. The monoisotopic (exact) mass is 436 g/mol. The van der Waals surface area contributed by atoms with E-state index in [1.807, 2.05) is 0 Å². The second-order valence-corrected chi connectivity index (χ2v) is 9.76. The molecule has 3 aromatic carbocycles. The van der Waals surface area contributed by atoms with E-state index in [4.69, 9.17) is 11.6 Å². The van der Waals surface area contributed by atoms with Crippen LogP contribution < -0.4 is 9.44 Å². The van der Waals surface area contributed by atoms with Gasteiger partial charge in [-0.05, 0) is 48.9 Å². The fraction of sp³-hybridized carbons (Fsp3) is 0.0526. The zero-order valence-corrected chi connectivity index (χ0v) is 17.1. The maximum atomic E-state index is 12.5. The smallest absolute Gasteiger partial charge is 0.261 e. The minimum absolute atomic E-state index is 0.0656. The lowest BCUT2D eigenvalue weighted by Crippen LogP contribution is -2.15. The van der Waals surface area contributed by atoms with E-state index in [1.54, 1.807) is 43.3 Å². The Hall–Kier alpha value is -2.55. The molecule has 0 saturated heterocycles. The average molecular weight is 437 g/mol. The van der Waals surface area contributed by atoms with Gasteiger partial charge in [-0.2, -0.15) is 0 Å². The van der Waals surface area contributed by atoms with Crippen molar-refractivity contribution in [3.63, 3.8) is 0 Å². The van der Waals surface area contributed by atoms with Gasteiger partial charge in [0.15, 0.2) is 0 Å². The zero-order valence-electron chi connectivity index (χ0n) is 14.8. The molecule has 0 atom stereocenters. The Morgan fingerprint density at radius 2 is 1.11 bits per heavy atom. The van der Waals surface area contributed by atoms with Gasteiger partial charge >= 0.3 is 0 Å². The molecular weight excluding hydrogens is 420 g/mol. The van der Waals surface area contributed by atoms with Crippen LogP contribution in [0.15, 0.2) is 82.6 Å². The summed E-state index contributed by atoms with van der Waals surface area (Å²) < 4.78 is 54.9. The maximum Gasteiger partial charge on any atom is 0.261 e. The number of nitrogens with one attached hydrogen (secondary N) is 2. The van der Waals surface area contributed by atoms with Crippen molar-refractivity contribution in [2.45, 2.75) is 16.7 Å². The average Bonchev–Trinajstić information content (AvgIpc) is 2.67. The van der Waals surface area contributed by atoms with E-state index in [0.717, 1.165) is 0 Å². The van der Waals surface area contributed by atoms with Gasteiger partial charge in [0.1, 0.15) is 0 Å². The second-order valence-electron chi connectivity index (χ2n) is 5.98. The third-order valence-corrected chi connectivity index (χ3v) is 6.99. The Labute approximate surface area is 169 Å². The summed E-state index contributed by atoms with van der Waals surface area (Å²) in [6, 6.07) is 18.6. The molecule has 0 aromatic heterocycles. The van der Waals surface area contributed by atoms with Crippen molar-refractivity contribution < 1.29 is 16.8 Å². The van der Waals surface area contributed by atoms with Crippen LogP contribution in [0.3, 0.4) is 0 Å². The minimum Gasteiger partial charge on any atom is -0.279 e. The summed E-state index contributed by atoms with van der Waals surface area (Å²) in [7, 11) is -7.61. The summed E-state index contributed by atoms with van der Waals surface area (Å²) in [6.07, 6.45) is 0. The van der Waals surface area contributed by atoms with Gasteiger partial charge in [0.25, 0.3) is 20.0 Å². The SMILES string of the molecule is Cc1cc(NS(=O)(=O)c2ccccc2)c(Cl)cc1NS(=O)(=O)c1ccccc1. The molecule has 0 aliphatic carbocycles. The minimum atomic E-state index is -3.82. The van der Waals surface area contributed by atoms with Gasteiger partial charge in [-0.15, -0.1) is 0 Å². The first kappa shape index (κ1) is 20.2.